The van der Waals surface area contributed by atoms with Crippen molar-refractivity contribution in [1.82, 2.24) is 5.32 Å². The molecule has 0 bridgehead atoms. The molecule has 2 rings (SSSR count). The Balaban J connectivity index is 1.97. The molecule has 2 heterocycles. The summed E-state index contributed by atoms with van der Waals surface area (Å²) in [5, 5.41) is 12.9. The van der Waals surface area contributed by atoms with Gasteiger partial charge in [-0.15, -0.1) is 0 Å². The minimum Gasteiger partial charge on any atom is -0.478 e. The Morgan fingerprint density at radius 3 is 2.94 bits per heavy atom. The molecule has 0 radical (unpaired) electrons. The molecule has 2 N–H and O–H groups in total. The standard InChI is InChI=1S/C10H11NO5S/c12-10(13)8-1-3-16-9(8)5-11-7-2-4-17(14,15)6-7/h1-4,7,11H,5-6H2,(H,12,13). The second-order valence-corrected chi connectivity index (χ2v) is 5.64. The molecule has 1 aromatic rings. The number of carbonyl (C=O) groups is 1. The maximum Gasteiger partial charge on any atom is 0.339 e. The van der Waals surface area contributed by atoms with Gasteiger partial charge in [0.2, 0.25) is 0 Å². The number of hydrogen-bond donors (Lipinski definition) is 2. The molecule has 1 aromatic heterocycles. The van der Waals surface area contributed by atoms with E-state index in [1.165, 1.54) is 12.3 Å². The number of rotatable bonds is 4. The molecule has 1 atom stereocenters. The fraction of sp³-hybridized carbons (Fsp3) is 0.300. The summed E-state index contributed by atoms with van der Waals surface area (Å²) in [6, 6.07) is 1.06. The van der Waals surface area contributed by atoms with Gasteiger partial charge in [0, 0.05) is 11.4 Å². The van der Waals surface area contributed by atoms with Gasteiger partial charge in [-0.1, -0.05) is 6.08 Å². The van der Waals surface area contributed by atoms with Crippen LogP contribution in [-0.4, -0.2) is 31.3 Å². The lowest BCUT2D eigenvalue weighted by atomic mass is 10.2. The van der Waals surface area contributed by atoms with Crippen molar-refractivity contribution in [1.29, 1.82) is 0 Å². The first kappa shape index (κ1) is 11.9. The predicted octanol–water partition coefficient (Wildman–Crippen LogP) is 0.378. The number of carboxylic acid groups (broad SMARTS) is 1. The largest absolute Gasteiger partial charge is 0.478 e. The molecule has 92 valence electrons. The number of sulfone groups is 1. The van der Waals surface area contributed by atoms with Gasteiger partial charge in [0.1, 0.15) is 11.3 Å². The summed E-state index contributed by atoms with van der Waals surface area (Å²) in [6.45, 7) is 0.180. The van der Waals surface area contributed by atoms with Crippen molar-refractivity contribution >= 4 is 15.8 Å². The van der Waals surface area contributed by atoms with Crippen LogP contribution >= 0.6 is 0 Å². The lowest BCUT2D eigenvalue weighted by Gasteiger charge is -2.08. The Labute approximate surface area is 97.9 Å². The van der Waals surface area contributed by atoms with Crippen molar-refractivity contribution in [2.45, 2.75) is 12.6 Å². The number of hydrogen-bond acceptors (Lipinski definition) is 5. The Hall–Kier alpha value is -1.60. The summed E-state index contributed by atoms with van der Waals surface area (Å²) < 4.78 is 27.3. The highest BCUT2D eigenvalue weighted by Gasteiger charge is 2.22. The van der Waals surface area contributed by atoms with E-state index in [0.29, 0.717) is 0 Å². The first-order valence-electron chi connectivity index (χ1n) is 4.92. The van der Waals surface area contributed by atoms with Gasteiger partial charge in [0.25, 0.3) is 0 Å². The zero-order valence-electron chi connectivity index (χ0n) is 8.79. The summed E-state index contributed by atoms with van der Waals surface area (Å²) in [7, 11) is -3.10. The van der Waals surface area contributed by atoms with E-state index in [0.717, 1.165) is 5.41 Å². The van der Waals surface area contributed by atoms with Crippen LogP contribution in [0, 0.1) is 0 Å². The summed E-state index contributed by atoms with van der Waals surface area (Å²) in [6.07, 6.45) is 2.83. The SMILES string of the molecule is O=C(O)c1ccoc1CNC1C=CS(=O)(=O)C1. The van der Waals surface area contributed by atoms with Crippen LogP contribution in [0.25, 0.3) is 0 Å². The minimum absolute atomic E-state index is 0.00386. The molecule has 1 aliphatic heterocycles. The zero-order chi connectivity index (χ0) is 12.5. The quantitative estimate of drug-likeness (QED) is 0.809. The van der Waals surface area contributed by atoms with E-state index in [4.69, 9.17) is 9.52 Å². The van der Waals surface area contributed by atoms with Crippen molar-refractivity contribution in [3.05, 3.63) is 35.1 Å². The van der Waals surface area contributed by atoms with Crippen molar-refractivity contribution < 1.29 is 22.7 Å². The first-order chi connectivity index (χ1) is 7.98. The summed E-state index contributed by atoms with van der Waals surface area (Å²) >= 11 is 0. The van der Waals surface area contributed by atoms with Crippen molar-refractivity contribution in [2.24, 2.45) is 0 Å². The van der Waals surface area contributed by atoms with E-state index >= 15 is 0 Å². The van der Waals surface area contributed by atoms with Gasteiger partial charge in [-0.05, 0) is 6.07 Å². The molecule has 0 fully saturated rings. The molecule has 0 amide bonds. The van der Waals surface area contributed by atoms with Crippen LogP contribution in [0.5, 0.6) is 0 Å². The Morgan fingerprint density at radius 1 is 1.59 bits per heavy atom. The lowest BCUT2D eigenvalue weighted by Crippen LogP contribution is -2.29. The van der Waals surface area contributed by atoms with Crippen LogP contribution < -0.4 is 5.32 Å². The maximum atomic E-state index is 11.1. The van der Waals surface area contributed by atoms with Gasteiger partial charge in [0.15, 0.2) is 9.84 Å². The summed E-state index contributed by atoms with van der Waals surface area (Å²) in [5.41, 5.74) is 0.0855. The fourth-order valence-electron chi connectivity index (χ4n) is 1.59. The van der Waals surface area contributed by atoms with E-state index in [9.17, 15) is 13.2 Å². The molecule has 0 saturated heterocycles. The van der Waals surface area contributed by atoms with E-state index in [1.807, 2.05) is 0 Å². The average Bonchev–Trinajstić information content (AvgIpc) is 2.81. The number of carboxylic acids is 1. The summed E-state index contributed by atoms with van der Waals surface area (Å²) in [4.78, 5) is 10.8. The highest BCUT2D eigenvalue weighted by atomic mass is 32.2. The Morgan fingerprint density at radius 2 is 2.35 bits per heavy atom. The van der Waals surface area contributed by atoms with E-state index in [2.05, 4.69) is 5.32 Å². The van der Waals surface area contributed by atoms with Gasteiger partial charge in [0.05, 0.1) is 18.6 Å². The molecule has 17 heavy (non-hydrogen) atoms. The Kier molecular flexibility index (Phi) is 3.03. The van der Waals surface area contributed by atoms with Crippen molar-refractivity contribution in [3.8, 4) is 0 Å². The average molecular weight is 257 g/mol. The monoisotopic (exact) mass is 257 g/mol. The highest BCUT2D eigenvalue weighted by Crippen LogP contribution is 2.12. The molecule has 0 spiro atoms. The molecule has 0 saturated carbocycles. The van der Waals surface area contributed by atoms with E-state index in [-0.39, 0.29) is 29.7 Å². The normalized spacial score (nSPS) is 21.8. The second-order valence-electron chi connectivity index (χ2n) is 3.71. The molecule has 1 aliphatic rings. The molecular weight excluding hydrogens is 246 g/mol. The maximum absolute atomic E-state index is 11.1. The number of furan rings is 1. The third-order valence-electron chi connectivity index (χ3n) is 2.43. The topological polar surface area (TPSA) is 96.6 Å². The fourth-order valence-corrected chi connectivity index (χ4v) is 2.86. The first-order valence-corrected chi connectivity index (χ1v) is 6.63. The van der Waals surface area contributed by atoms with Crippen LogP contribution in [-0.2, 0) is 16.4 Å². The smallest absolute Gasteiger partial charge is 0.339 e. The molecule has 7 heteroatoms. The summed E-state index contributed by atoms with van der Waals surface area (Å²) in [5.74, 6) is -0.781. The van der Waals surface area contributed by atoms with Crippen LogP contribution in [0.1, 0.15) is 16.1 Å². The minimum atomic E-state index is -3.10. The number of nitrogens with one attached hydrogen (secondary N) is 1. The third kappa shape index (κ3) is 2.75. The third-order valence-corrected chi connectivity index (χ3v) is 3.83. The highest BCUT2D eigenvalue weighted by molar-refractivity contribution is 7.94. The van der Waals surface area contributed by atoms with Gasteiger partial charge in [-0.2, -0.15) is 0 Å². The second kappa shape index (κ2) is 4.34. The number of aromatic carboxylic acids is 1. The lowest BCUT2D eigenvalue weighted by molar-refractivity contribution is 0.0694. The molecule has 6 nitrogen and oxygen atoms in total. The van der Waals surface area contributed by atoms with Crippen LogP contribution in [0.3, 0.4) is 0 Å². The van der Waals surface area contributed by atoms with Crippen molar-refractivity contribution in [2.75, 3.05) is 5.75 Å². The van der Waals surface area contributed by atoms with Gasteiger partial charge in [-0.25, -0.2) is 13.2 Å². The van der Waals surface area contributed by atoms with Gasteiger partial charge < -0.3 is 14.8 Å². The van der Waals surface area contributed by atoms with Crippen molar-refractivity contribution in [3.63, 3.8) is 0 Å². The van der Waals surface area contributed by atoms with Gasteiger partial charge in [-0.3, -0.25) is 0 Å². The van der Waals surface area contributed by atoms with Crippen LogP contribution in [0.4, 0.5) is 0 Å². The molecule has 1 unspecified atom stereocenters. The van der Waals surface area contributed by atoms with E-state index < -0.39 is 15.8 Å². The van der Waals surface area contributed by atoms with E-state index in [1.54, 1.807) is 6.08 Å². The van der Waals surface area contributed by atoms with Crippen LogP contribution in [0.2, 0.25) is 0 Å². The molecular formula is C10H11NO5S. The molecule has 0 aromatic carbocycles. The Bertz CT molecular complexity index is 557. The van der Waals surface area contributed by atoms with Gasteiger partial charge >= 0.3 is 5.97 Å². The predicted molar refractivity (Wildman–Crippen MR) is 59.2 cm³/mol. The van der Waals surface area contributed by atoms with Crippen LogP contribution in [0.15, 0.2) is 28.2 Å². The zero-order valence-corrected chi connectivity index (χ0v) is 9.61. The molecule has 0 aliphatic carbocycles.